The van der Waals surface area contributed by atoms with Crippen LogP contribution in [0.15, 0.2) is 29.2 Å². The van der Waals surface area contributed by atoms with E-state index in [0.29, 0.717) is 5.38 Å². The Morgan fingerprint density at radius 3 is 2.90 bits per heavy atom. The van der Waals surface area contributed by atoms with Crippen molar-refractivity contribution in [3.8, 4) is 0 Å². The lowest BCUT2D eigenvalue weighted by atomic mass is 9.77. The van der Waals surface area contributed by atoms with Crippen LogP contribution in [0.5, 0.6) is 0 Å². The molecule has 20 heavy (non-hydrogen) atoms. The number of halogens is 1. The fraction of sp³-hybridized carbons (Fsp3) is 0.667. The Balaban J connectivity index is 1.58. The SMILES string of the molecule is CCCC1CCC(Cl)C(CC2Cc3ccccc3S2)C1. The third-order valence-electron chi connectivity index (χ3n) is 4.97. The molecule has 0 radical (unpaired) electrons. The second-order valence-electron chi connectivity index (χ2n) is 6.53. The fourth-order valence-electron chi connectivity index (χ4n) is 3.96. The number of hydrogen-bond donors (Lipinski definition) is 0. The van der Waals surface area contributed by atoms with Gasteiger partial charge in [-0.1, -0.05) is 38.0 Å². The highest BCUT2D eigenvalue weighted by molar-refractivity contribution is 8.00. The highest BCUT2D eigenvalue weighted by Gasteiger charge is 2.32. The molecule has 1 saturated carbocycles. The molecule has 4 atom stereocenters. The number of benzene rings is 1. The summed E-state index contributed by atoms with van der Waals surface area (Å²) in [6.07, 6.45) is 9.26. The van der Waals surface area contributed by atoms with Crippen LogP contribution in [-0.4, -0.2) is 10.6 Å². The van der Waals surface area contributed by atoms with E-state index in [9.17, 15) is 0 Å². The highest BCUT2D eigenvalue weighted by Crippen LogP contribution is 2.44. The Morgan fingerprint density at radius 2 is 2.10 bits per heavy atom. The lowest BCUT2D eigenvalue weighted by Gasteiger charge is -2.34. The summed E-state index contributed by atoms with van der Waals surface area (Å²) < 4.78 is 0. The smallest absolute Gasteiger partial charge is 0.0364 e. The van der Waals surface area contributed by atoms with Crippen molar-refractivity contribution >= 4 is 23.4 Å². The maximum absolute atomic E-state index is 6.63. The average Bonchev–Trinajstić information content (AvgIpc) is 2.85. The van der Waals surface area contributed by atoms with Gasteiger partial charge in [0.25, 0.3) is 0 Å². The highest BCUT2D eigenvalue weighted by atomic mass is 35.5. The molecule has 0 nitrogen and oxygen atoms in total. The maximum atomic E-state index is 6.63. The summed E-state index contributed by atoms with van der Waals surface area (Å²) in [7, 11) is 0. The molecule has 1 heterocycles. The van der Waals surface area contributed by atoms with Crippen molar-refractivity contribution in [3.63, 3.8) is 0 Å². The van der Waals surface area contributed by atoms with Gasteiger partial charge in [0, 0.05) is 15.5 Å². The van der Waals surface area contributed by atoms with Gasteiger partial charge < -0.3 is 0 Å². The fourth-order valence-corrected chi connectivity index (χ4v) is 5.72. The largest absolute Gasteiger partial charge is 0.123 e. The normalized spacial score (nSPS) is 33.1. The van der Waals surface area contributed by atoms with Gasteiger partial charge in [-0.3, -0.25) is 0 Å². The van der Waals surface area contributed by atoms with Crippen molar-refractivity contribution in [2.75, 3.05) is 0 Å². The van der Waals surface area contributed by atoms with Crippen LogP contribution in [0, 0.1) is 11.8 Å². The quantitative estimate of drug-likeness (QED) is 0.622. The number of rotatable bonds is 4. The van der Waals surface area contributed by atoms with Crippen LogP contribution in [0.1, 0.15) is 51.0 Å². The second-order valence-corrected chi connectivity index (χ2v) is 8.43. The monoisotopic (exact) mass is 308 g/mol. The van der Waals surface area contributed by atoms with Crippen LogP contribution in [0.25, 0.3) is 0 Å². The van der Waals surface area contributed by atoms with Gasteiger partial charge >= 0.3 is 0 Å². The van der Waals surface area contributed by atoms with Crippen molar-refractivity contribution in [2.24, 2.45) is 11.8 Å². The van der Waals surface area contributed by atoms with Crippen molar-refractivity contribution in [2.45, 2.75) is 67.4 Å². The maximum Gasteiger partial charge on any atom is 0.0364 e. The van der Waals surface area contributed by atoms with Crippen molar-refractivity contribution in [1.82, 2.24) is 0 Å². The molecule has 2 heteroatoms. The van der Waals surface area contributed by atoms with Crippen LogP contribution in [-0.2, 0) is 6.42 Å². The molecular formula is C18H25ClS. The molecule has 1 fully saturated rings. The molecule has 4 unspecified atom stereocenters. The van der Waals surface area contributed by atoms with E-state index in [2.05, 4.69) is 43.0 Å². The molecule has 0 spiro atoms. The van der Waals surface area contributed by atoms with Gasteiger partial charge in [-0.2, -0.15) is 0 Å². The Labute approximate surface area is 132 Å². The Morgan fingerprint density at radius 1 is 1.25 bits per heavy atom. The third kappa shape index (κ3) is 3.36. The van der Waals surface area contributed by atoms with Crippen molar-refractivity contribution in [3.05, 3.63) is 29.8 Å². The molecule has 0 saturated heterocycles. The summed E-state index contributed by atoms with van der Waals surface area (Å²) in [5, 5.41) is 1.19. The zero-order valence-electron chi connectivity index (χ0n) is 12.4. The first kappa shape index (κ1) is 14.8. The Kier molecular flexibility index (Phi) is 4.99. The third-order valence-corrected chi connectivity index (χ3v) is 6.89. The molecule has 2 aliphatic rings. The van der Waals surface area contributed by atoms with Crippen molar-refractivity contribution in [1.29, 1.82) is 0 Å². The van der Waals surface area contributed by atoms with E-state index in [1.165, 1.54) is 49.8 Å². The van der Waals surface area contributed by atoms with E-state index in [1.54, 1.807) is 5.56 Å². The molecule has 0 aromatic heterocycles. The van der Waals surface area contributed by atoms with Crippen LogP contribution >= 0.6 is 23.4 Å². The molecule has 1 aromatic carbocycles. The van der Waals surface area contributed by atoms with E-state index in [1.807, 2.05) is 0 Å². The number of hydrogen-bond acceptors (Lipinski definition) is 1. The van der Waals surface area contributed by atoms with Gasteiger partial charge in [0.1, 0.15) is 0 Å². The second kappa shape index (κ2) is 6.75. The molecule has 3 rings (SSSR count). The zero-order chi connectivity index (χ0) is 13.9. The standard InChI is InChI=1S/C18H25ClS/c1-2-5-13-8-9-17(19)15(10-13)12-16-11-14-6-3-4-7-18(14)20-16/h3-4,6-7,13,15-17H,2,5,8-12H2,1H3. The molecule has 1 aliphatic heterocycles. The van der Waals surface area contributed by atoms with Gasteiger partial charge in [-0.05, 0) is 55.6 Å². The van der Waals surface area contributed by atoms with Gasteiger partial charge in [0.15, 0.2) is 0 Å². The molecular weight excluding hydrogens is 284 g/mol. The topological polar surface area (TPSA) is 0 Å². The summed E-state index contributed by atoms with van der Waals surface area (Å²) >= 11 is 8.72. The summed E-state index contributed by atoms with van der Waals surface area (Å²) in [5.74, 6) is 1.68. The Bertz CT molecular complexity index is 420. The van der Waals surface area contributed by atoms with Crippen LogP contribution < -0.4 is 0 Å². The first-order valence-electron chi connectivity index (χ1n) is 8.15. The summed E-state index contributed by atoms with van der Waals surface area (Å²) in [6.45, 7) is 2.31. The van der Waals surface area contributed by atoms with E-state index < -0.39 is 0 Å². The molecule has 0 N–H and O–H groups in total. The Hall–Kier alpha value is -0.140. The number of thioether (sulfide) groups is 1. The molecule has 1 aromatic rings. The van der Waals surface area contributed by atoms with Crippen LogP contribution in [0.2, 0.25) is 0 Å². The van der Waals surface area contributed by atoms with Gasteiger partial charge in [-0.25, -0.2) is 0 Å². The summed E-state index contributed by atoms with van der Waals surface area (Å²) in [6, 6.07) is 8.90. The minimum Gasteiger partial charge on any atom is -0.123 e. The minimum absolute atomic E-state index is 0.424. The molecule has 0 amide bonds. The summed E-state index contributed by atoms with van der Waals surface area (Å²) in [4.78, 5) is 1.50. The van der Waals surface area contributed by atoms with E-state index >= 15 is 0 Å². The lowest BCUT2D eigenvalue weighted by molar-refractivity contribution is 0.247. The van der Waals surface area contributed by atoms with E-state index in [4.69, 9.17) is 11.6 Å². The minimum atomic E-state index is 0.424. The number of alkyl halides is 1. The first-order chi connectivity index (χ1) is 9.76. The molecule has 0 bridgehead atoms. The predicted octanol–water partition coefficient (Wildman–Crippen LogP) is 5.92. The average molecular weight is 309 g/mol. The first-order valence-corrected chi connectivity index (χ1v) is 9.46. The summed E-state index contributed by atoms with van der Waals surface area (Å²) in [5.41, 5.74) is 1.55. The van der Waals surface area contributed by atoms with E-state index in [-0.39, 0.29) is 0 Å². The van der Waals surface area contributed by atoms with Gasteiger partial charge in [0.05, 0.1) is 0 Å². The number of fused-ring (bicyclic) bond motifs is 1. The molecule has 110 valence electrons. The van der Waals surface area contributed by atoms with Crippen molar-refractivity contribution < 1.29 is 0 Å². The van der Waals surface area contributed by atoms with Crippen LogP contribution in [0.4, 0.5) is 0 Å². The lowest BCUT2D eigenvalue weighted by Crippen LogP contribution is -2.28. The predicted molar refractivity (Wildman–Crippen MR) is 89.8 cm³/mol. The van der Waals surface area contributed by atoms with Gasteiger partial charge in [0.2, 0.25) is 0 Å². The molecule has 1 aliphatic carbocycles. The zero-order valence-corrected chi connectivity index (χ0v) is 13.9. The van der Waals surface area contributed by atoms with Crippen LogP contribution in [0.3, 0.4) is 0 Å². The van der Waals surface area contributed by atoms with Gasteiger partial charge in [-0.15, -0.1) is 23.4 Å². The van der Waals surface area contributed by atoms with E-state index in [0.717, 1.165) is 17.1 Å².